The summed E-state index contributed by atoms with van der Waals surface area (Å²) < 4.78 is 0. The van der Waals surface area contributed by atoms with Gasteiger partial charge in [-0.25, -0.2) is 0 Å². The van der Waals surface area contributed by atoms with E-state index in [0.29, 0.717) is 10.6 Å². The van der Waals surface area contributed by atoms with Crippen molar-refractivity contribution < 1.29 is 4.79 Å². The van der Waals surface area contributed by atoms with Crippen LogP contribution in [0.25, 0.3) is 0 Å². The summed E-state index contributed by atoms with van der Waals surface area (Å²) in [6.45, 7) is 0.844. The van der Waals surface area contributed by atoms with E-state index in [-0.39, 0.29) is 0 Å². The number of benzene rings is 1. The summed E-state index contributed by atoms with van der Waals surface area (Å²) in [4.78, 5) is 10.7. The molecule has 1 rings (SSSR count). The van der Waals surface area contributed by atoms with E-state index in [9.17, 15) is 4.79 Å². The van der Waals surface area contributed by atoms with Gasteiger partial charge in [0.25, 0.3) is 0 Å². The van der Waals surface area contributed by atoms with Crippen molar-refractivity contribution in [1.29, 1.82) is 0 Å². The van der Waals surface area contributed by atoms with Gasteiger partial charge in [-0.3, -0.25) is 4.79 Å². The summed E-state index contributed by atoms with van der Waals surface area (Å²) in [6.07, 6.45) is 1.53. The summed E-state index contributed by atoms with van der Waals surface area (Å²) in [5.41, 5.74) is 1.27. The second-order valence-electron chi connectivity index (χ2n) is 3.00. The molecular formula is C12H12ClNO. The molecule has 0 radical (unpaired) electrons. The first kappa shape index (κ1) is 11.8. The molecule has 0 heterocycles. The summed E-state index contributed by atoms with van der Waals surface area (Å²) in [5.74, 6) is 5.93. The molecule has 78 valence electrons. The zero-order valence-electron chi connectivity index (χ0n) is 8.51. The molecule has 0 bridgehead atoms. The zero-order valence-corrected chi connectivity index (χ0v) is 9.27. The van der Waals surface area contributed by atoms with Gasteiger partial charge in [0.2, 0.25) is 0 Å². The summed E-state index contributed by atoms with van der Waals surface area (Å²) in [5, 5.41) is 3.55. The molecule has 0 spiro atoms. The van der Waals surface area contributed by atoms with Crippen LogP contribution in [0.2, 0.25) is 5.02 Å². The molecular weight excluding hydrogens is 210 g/mol. The monoisotopic (exact) mass is 221 g/mol. The molecule has 0 aliphatic rings. The molecule has 0 amide bonds. The zero-order chi connectivity index (χ0) is 11.1. The Morgan fingerprint density at radius 2 is 2.33 bits per heavy atom. The summed E-state index contributed by atoms with van der Waals surface area (Å²) in [6, 6.07) is 5.12. The number of hydrogen-bond acceptors (Lipinski definition) is 2. The van der Waals surface area contributed by atoms with Gasteiger partial charge >= 0.3 is 0 Å². The highest BCUT2D eigenvalue weighted by Gasteiger charge is 1.98. The Kier molecular flexibility index (Phi) is 4.89. The van der Waals surface area contributed by atoms with Gasteiger partial charge in [-0.2, -0.15) is 0 Å². The molecule has 1 N–H and O–H groups in total. The molecule has 3 heteroatoms. The van der Waals surface area contributed by atoms with Crippen LogP contribution in [0, 0.1) is 11.8 Å². The topological polar surface area (TPSA) is 29.1 Å². The van der Waals surface area contributed by atoms with E-state index in [1.54, 1.807) is 18.2 Å². The lowest BCUT2D eigenvalue weighted by atomic mass is 10.1. The highest BCUT2D eigenvalue weighted by molar-refractivity contribution is 6.30. The van der Waals surface area contributed by atoms with Crippen LogP contribution in [0.4, 0.5) is 0 Å². The molecule has 0 saturated heterocycles. The maximum Gasteiger partial charge on any atom is 0.151 e. The largest absolute Gasteiger partial charge is 0.319 e. The quantitative estimate of drug-likeness (QED) is 0.481. The summed E-state index contributed by atoms with van der Waals surface area (Å²) in [7, 11) is 1.88. The van der Waals surface area contributed by atoms with Crippen LogP contribution < -0.4 is 5.32 Å². The van der Waals surface area contributed by atoms with Crippen molar-refractivity contribution in [2.75, 3.05) is 13.6 Å². The average Bonchev–Trinajstić information content (AvgIpc) is 2.26. The van der Waals surface area contributed by atoms with Gasteiger partial charge in [0.05, 0.1) is 0 Å². The first-order valence-electron chi connectivity index (χ1n) is 4.66. The van der Waals surface area contributed by atoms with Gasteiger partial charge in [0.1, 0.15) is 0 Å². The van der Waals surface area contributed by atoms with Crippen molar-refractivity contribution in [1.82, 2.24) is 5.32 Å². The lowest BCUT2D eigenvalue weighted by Crippen LogP contribution is -2.05. The Labute approximate surface area is 94.6 Å². The lowest BCUT2D eigenvalue weighted by Gasteiger charge is -1.96. The standard InChI is InChI=1S/C12H12ClNO/c1-14-7-3-2-4-10-5-6-12(13)8-11(10)9-15/h5-6,8-9,14H,3,7H2,1H3. The highest BCUT2D eigenvalue weighted by Crippen LogP contribution is 2.13. The predicted molar refractivity (Wildman–Crippen MR) is 62.3 cm³/mol. The van der Waals surface area contributed by atoms with Gasteiger partial charge in [-0.1, -0.05) is 23.4 Å². The number of hydrogen-bond donors (Lipinski definition) is 1. The van der Waals surface area contributed by atoms with Crippen molar-refractivity contribution in [3.05, 3.63) is 34.3 Å². The third-order valence-corrected chi connectivity index (χ3v) is 2.10. The van der Waals surface area contributed by atoms with Crippen LogP contribution in [-0.4, -0.2) is 19.9 Å². The lowest BCUT2D eigenvalue weighted by molar-refractivity contribution is 0.112. The third-order valence-electron chi connectivity index (χ3n) is 1.86. The van der Waals surface area contributed by atoms with Crippen LogP contribution in [0.15, 0.2) is 18.2 Å². The highest BCUT2D eigenvalue weighted by atomic mass is 35.5. The molecule has 1 aromatic carbocycles. The minimum absolute atomic E-state index is 0.541. The van der Waals surface area contributed by atoms with E-state index in [1.165, 1.54) is 0 Å². The Bertz CT molecular complexity index is 404. The van der Waals surface area contributed by atoms with Gasteiger partial charge in [0, 0.05) is 29.1 Å². The Morgan fingerprint density at radius 1 is 1.53 bits per heavy atom. The number of carbonyl (C=O) groups excluding carboxylic acids is 1. The van der Waals surface area contributed by atoms with Crippen molar-refractivity contribution >= 4 is 17.9 Å². The average molecular weight is 222 g/mol. The number of halogens is 1. The second kappa shape index (κ2) is 6.23. The fourth-order valence-electron chi connectivity index (χ4n) is 1.09. The van der Waals surface area contributed by atoms with Gasteiger partial charge in [-0.15, -0.1) is 0 Å². The van der Waals surface area contributed by atoms with E-state index >= 15 is 0 Å². The van der Waals surface area contributed by atoms with Gasteiger partial charge < -0.3 is 5.32 Å². The van der Waals surface area contributed by atoms with Gasteiger partial charge in [-0.05, 0) is 25.2 Å². The number of rotatable bonds is 3. The molecule has 2 nitrogen and oxygen atoms in total. The van der Waals surface area contributed by atoms with E-state index < -0.39 is 0 Å². The molecule has 0 fully saturated rings. The van der Waals surface area contributed by atoms with E-state index in [2.05, 4.69) is 17.2 Å². The van der Waals surface area contributed by atoms with Crippen molar-refractivity contribution in [3.8, 4) is 11.8 Å². The van der Waals surface area contributed by atoms with Crippen LogP contribution in [0.5, 0.6) is 0 Å². The Morgan fingerprint density at radius 3 is 3.00 bits per heavy atom. The predicted octanol–water partition coefficient (Wildman–Crippen LogP) is 2.11. The normalized spacial score (nSPS) is 9.20. The van der Waals surface area contributed by atoms with Crippen LogP contribution in [-0.2, 0) is 0 Å². The first-order chi connectivity index (χ1) is 7.27. The van der Waals surface area contributed by atoms with Gasteiger partial charge in [0.15, 0.2) is 6.29 Å². The summed E-state index contributed by atoms with van der Waals surface area (Å²) >= 11 is 5.76. The van der Waals surface area contributed by atoms with E-state index in [0.717, 1.165) is 24.8 Å². The minimum atomic E-state index is 0.541. The minimum Gasteiger partial charge on any atom is -0.319 e. The molecule has 0 atom stereocenters. The fraction of sp³-hybridized carbons (Fsp3) is 0.250. The molecule has 0 aliphatic carbocycles. The SMILES string of the molecule is CNCCC#Cc1ccc(Cl)cc1C=O. The molecule has 15 heavy (non-hydrogen) atoms. The van der Waals surface area contributed by atoms with Crippen molar-refractivity contribution in [3.63, 3.8) is 0 Å². The second-order valence-corrected chi connectivity index (χ2v) is 3.44. The molecule has 1 aromatic rings. The number of nitrogens with one attached hydrogen (secondary N) is 1. The smallest absolute Gasteiger partial charge is 0.151 e. The molecule has 0 saturated carbocycles. The number of aldehydes is 1. The maximum atomic E-state index is 10.7. The molecule has 0 aliphatic heterocycles. The van der Waals surface area contributed by atoms with E-state index in [1.807, 2.05) is 7.05 Å². The van der Waals surface area contributed by atoms with Crippen LogP contribution in [0.1, 0.15) is 22.3 Å². The Balaban J connectivity index is 2.83. The fourth-order valence-corrected chi connectivity index (χ4v) is 1.27. The van der Waals surface area contributed by atoms with Crippen LogP contribution in [0.3, 0.4) is 0 Å². The van der Waals surface area contributed by atoms with Crippen molar-refractivity contribution in [2.45, 2.75) is 6.42 Å². The van der Waals surface area contributed by atoms with Crippen LogP contribution >= 0.6 is 11.6 Å². The third kappa shape index (κ3) is 3.75. The first-order valence-corrected chi connectivity index (χ1v) is 5.04. The Hall–Kier alpha value is -1.30. The number of carbonyl (C=O) groups is 1. The molecule has 0 unspecified atom stereocenters. The van der Waals surface area contributed by atoms with Crippen molar-refractivity contribution in [2.24, 2.45) is 0 Å². The van der Waals surface area contributed by atoms with E-state index in [4.69, 9.17) is 11.6 Å². The maximum absolute atomic E-state index is 10.7. The molecule has 0 aromatic heterocycles.